The molecule has 222 valence electrons. The van der Waals surface area contributed by atoms with Gasteiger partial charge in [0.05, 0.1) is 36.1 Å². The number of carbonyl (C=O) groups is 1. The number of methoxy groups -OCH3 is 2. The summed E-state index contributed by atoms with van der Waals surface area (Å²) < 4.78 is 45.4. The van der Waals surface area contributed by atoms with Gasteiger partial charge in [0.25, 0.3) is 5.56 Å². The summed E-state index contributed by atoms with van der Waals surface area (Å²) in [5, 5.41) is 0. The number of allylic oxidation sites excluding steroid dienone is 1. The lowest BCUT2D eigenvalue weighted by Crippen LogP contribution is -2.39. The van der Waals surface area contributed by atoms with Crippen molar-refractivity contribution in [2.24, 2.45) is 4.99 Å². The number of rotatable bonds is 8. The smallest absolute Gasteiger partial charge is 0.338 e. The maximum atomic E-state index is 14.1. The zero-order chi connectivity index (χ0) is 30.8. The first-order chi connectivity index (χ1) is 20.6. The number of hydrogen-bond donors (Lipinski definition) is 0. The zero-order valence-electron chi connectivity index (χ0n) is 24.2. The Morgan fingerprint density at radius 1 is 1.05 bits per heavy atom. The Kier molecular flexibility index (Phi) is 8.45. The van der Waals surface area contributed by atoms with Crippen LogP contribution in [0.1, 0.15) is 29.7 Å². The lowest BCUT2D eigenvalue weighted by molar-refractivity contribution is -0.136. The highest BCUT2D eigenvalue weighted by Crippen LogP contribution is 2.31. The van der Waals surface area contributed by atoms with E-state index in [1.165, 1.54) is 36.2 Å². The van der Waals surface area contributed by atoms with E-state index in [2.05, 4.69) is 4.99 Å². The number of esters is 1. The highest BCUT2D eigenvalue weighted by atomic mass is 32.1. The molecule has 5 rings (SSSR count). The number of anilines is 1. The van der Waals surface area contributed by atoms with Crippen LogP contribution in [0.25, 0.3) is 6.08 Å². The Labute approximate surface area is 250 Å². The Hall–Kier alpha value is -4.77. The molecule has 0 unspecified atom stereocenters. The van der Waals surface area contributed by atoms with Gasteiger partial charge in [0.1, 0.15) is 18.2 Å². The van der Waals surface area contributed by atoms with Crippen molar-refractivity contribution >= 4 is 29.1 Å². The van der Waals surface area contributed by atoms with E-state index in [-0.39, 0.29) is 23.5 Å². The maximum absolute atomic E-state index is 14.1. The Bertz CT molecular complexity index is 1910. The molecule has 0 N–H and O–H groups in total. The second-order valence-corrected chi connectivity index (χ2v) is 11.0. The average Bonchev–Trinajstić information content (AvgIpc) is 3.29. The molecule has 0 amide bonds. The third-order valence-electron chi connectivity index (χ3n) is 7.03. The summed E-state index contributed by atoms with van der Waals surface area (Å²) in [6.07, 6.45) is 1.72. The topological polar surface area (TPSA) is 82.4 Å². The lowest BCUT2D eigenvalue weighted by Gasteiger charge is -2.25. The molecule has 1 aromatic heterocycles. The summed E-state index contributed by atoms with van der Waals surface area (Å²) in [6, 6.07) is 15.2. The SMILES string of the molecule is COC(=O)C1=C(C)N=c2s/c(=C\c3ccc(OC)c(COc4ccc(F)cc4F)c3)c(=O)n2[C@@H]1c1ccc(N(C)C)cc1. The van der Waals surface area contributed by atoms with E-state index < -0.39 is 23.6 Å². The summed E-state index contributed by atoms with van der Waals surface area (Å²) in [4.78, 5) is 33.8. The number of nitrogens with zero attached hydrogens (tertiary/aromatic N) is 3. The van der Waals surface area contributed by atoms with Crippen molar-refractivity contribution in [3.05, 3.63) is 120 Å². The minimum absolute atomic E-state index is 0.0563. The predicted molar refractivity (Wildman–Crippen MR) is 160 cm³/mol. The molecule has 0 fully saturated rings. The molecule has 4 aromatic rings. The van der Waals surface area contributed by atoms with Crippen molar-refractivity contribution in [1.29, 1.82) is 0 Å². The van der Waals surface area contributed by atoms with Crippen LogP contribution in [0.3, 0.4) is 0 Å². The zero-order valence-corrected chi connectivity index (χ0v) is 25.0. The monoisotopic (exact) mass is 605 g/mol. The van der Waals surface area contributed by atoms with Crippen LogP contribution in [0.2, 0.25) is 0 Å². The number of ether oxygens (including phenoxy) is 3. The second-order valence-electron chi connectivity index (χ2n) is 9.99. The van der Waals surface area contributed by atoms with Crippen molar-refractivity contribution in [3.63, 3.8) is 0 Å². The van der Waals surface area contributed by atoms with E-state index in [9.17, 15) is 18.4 Å². The first-order valence-corrected chi connectivity index (χ1v) is 14.1. The number of benzene rings is 3. The third-order valence-corrected chi connectivity index (χ3v) is 8.01. The molecule has 8 nitrogen and oxygen atoms in total. The Morgan fingerprint density at radius 3 is 2.42 bits per heavy atom. The number of aromatic nitrogens is 1. The maximum Gasteiger partial charge on any atom is 0.338 e. The quantitative estimate of drug-likeness (QED) is 0.278. The number of hydrogen-bond acceptors (Lipinski definition) is 8. The fourth-order valence-corrected chi connectivity index (χ4v) is 5.91. The van der Waals surface area contributed by atoms with Crippen LogP contribution in [-0.2, 0) is 16.1 Å². The predicted octanol–water partition coefficient (Wildman–Crippen LogP) is 4.34. The lowest BCUT2D eigenvalue weighted by atomic mass is 9.95. The van der Waals surface area contributed by atoms with E-state index in [1.54, 1.807) is 31.2 Å². The van der Waals surface area contributed by atoms with Crippen LogP contribution in [-0.4, -0.2) is 38.9 Å². The number of fused-ring (bicyclic) bond motifs is 1. The molecule has 1 atom stereocenters. The Morgan fingerprint density at radius 2 is 1.77 bits per heavy atom. The third kappa shape index (κ3) is 5.94. The van der Waals surface area contributed by atoms with Crippen molar-refractivity contribution in [2.45, 2.75) is 19.6 Å². The molecule has 0 saturated carbocycles. The standard InChI is InChI=1S/C32H29F2N3O5S/c1-18-28(31(39)41-5)29(20-7-10-23(11-8-20)36(2)3)37-30(38)27(43-32(37)35-18)15-19-6-12-25(40-4)21(14-19)17-42-26-13-9-22(33)16-24(26)34/h6-16,29H,17H2,1-5H3/b27-15-/t29-/m1/s1. The summed E-state index contributed by atoms with van der Waals surface area (Å²) in [5.74, 6) is -1.68. The van der Waals surface area contributed by atoms with Crippen molar-refractivity contribution in [2.75, 3.05) is 33.2 Å². The number of thiazole rings is 1. The van der Waals surface area contributed by atoms with Gasteiger partial charge in [0.15, 0.2) is 16.4 Å². The van der Waals surface area contributed by atoms with Gasteiger partial charge in [-0.2, -0.15) is 0 Å². The molecule has 0 radical (unpaired) electrons. The highest BCUT2D eigenvalue weighted by Gasteiger charge is 2.33. The second kappa shape index (κ2) is 12.2. The van der Waals surface area contributed by atoms with Crippen LogP contribution < -0.4 is 29.3 Å². The molecular formula is C32H29F2N3O5S. The van der Waals surface area contributed by atoms with Crippen LogP contribution in [0, 0.1) is 11.6 Å². The molecule has 0 spiro atoms. The van der Waals surface area contributed by atoms with Gasteiger partial charge in [-0.05, 0) is 60.5 Å². The van der Waals surface area contributed by atoms with Crippen LogP contribution in [0.4, 0.5) is 14.5 Å². The van der Waals surface area contributed by atoms with E-state index in [0.717, 1.165) is 23.4 Å². The van der Waals surface area contributed by atoms with Gasteiger partial charge in [0, 0.05) is 31.4 Å². The van der Waals surface area contributed by atoms with Gasteiger partial charge in [-0.1, -0.05) is 29.5 Å². The molecule has 0 bridgehead atoms. The van der Waals surface area contributed by atoms with Gasteiger partial charge in [-0.3, -0.25) is 9.36 Å². The molecule has 2 heterocycles. The molecule has 1 aliphatic heterocycles. The van der Waals surface area contributed by atoms with Crippen molar-refractivity contribution in [1.82, 2.24) is 4.57 Å². The molecular weight excluding hydrogens is 576 g/mol. The summed E-state index contributed by atoms with van der Waals surface area (Å²) in [5.41, 5.74) is 3.41. The van der Waals surface area contributed by atoms with Gasteiger partial charge < -0.3 is 19.1 Å². The van der Waals surface area contributed by atoms with Gasteiger partial charge in [-0.25, -0.2) is 18.6 Å². The fourth-order valence-electron chi connectivity index (χ4n) is 4.86. The van der Waals surface area contributed by atoms with Crippen LogP contribution in [0.15, 0.2) is 81.7 Å². The van der Waals surface area contributed by atoms with Crippen molar-refractivity contribution < 1.29 is 27.8 Å². The average molecular weight is 606 g/mol. The van der Waals surface area contributed by atoms with Gasteiger partial charge in [-0.15, -0.1) is 0 Å². The van der Waals surface area contributed by atoms with E-state index in [4.69, 9.17) is 14.2 Å². The first kappa shape index (κ1) is 29.7. The minimum atomic E-state index is -0.816. The minimum Gasteiger partial charge on any atom is -0.496 e. The number of halogens is 2. The van der Waals surface area contributed by atoms with Crippen LogP contribution >= 0.6 is 11.3 Å². The largest absolute Gasteiger partial charge is 0.496 e. The molecule has 0 saturated heterocycles. The Balaban J connectivity index is 1.57. The first-order valence-electron chi connectivity index (χ1n) is 13.2. The van der Waals surface area contributed by atoms with Gasteiger partial charge >= 0.3 is 5.97 Å². The van der Waals surface area contributed by atoms with E-state index >= 15 is 0 Å². The number of carbonyl (C=O) groups excluding carboxylic acids is 1. The normalized spacial score (nSPS) is 14.7. The van der Waals surface area contributed by atoms with E-state index in [0.29, 0.717) is 31.9 Å². The summed E-state index contributed by atoms with van der Waals surface area (Å²) >= 11 is 1.20. The summed E-state index contributed by atoms with van der Waals surface area (Å²) in [7, 11) is 6.66. The molecule has 11 heteroatoms. The van der Waals surface area contributed by atoms with Crippen molar-refractivity contribution in [3.8, 4) is 11.5 Å². The molecule has 43 heavy (non-hydrogen) atoms. The molecule has 1 aliphatic rings. The van der Waals surface area contributed by atoms with E-state index in [1.807, 2.05) is 43.3 Å². The highest BCUT2D eigenvalue weighted by molar-refractivity contribution is 7.07. The van der Waals surface area contributed by atoms with Crippen LogP contribution in [0.5, 0.6) is 11.5 Å². The van der Waals surface area contributed by atoms with Gasteiger partial charge in [0.2, 0.25) is 0 Å². The molecule has 0 aliphatic carbocycles. The fraction of sp³-hybridized carbons (Fsp3) is 0.219. The molecule has 3 aromatic carbocycles. The summed E-state index contributed by atoms with van der Waals surface area (Å²) in [6.45, 7) is 1.67.